The molecule has 3 heterocycles. The Hall–Kier alpha value is -2.18. The van der Waals surface area contributed by atoms with Gasteiger partial charge in [-0.1, -0.05) is 5.16 Å². The van der Waals surface area contributed by atoms with Crippen LogP contribution in [-0.2, 0) is 4.79 Å². The number of amides is 1. The number of hydrogen-bond acceptors (Lipinski definition) is 5. The fourth-order valence-electron chi connectivity index (χ4n) is 2.75. The van der Waals surface area contributed by atoms with E-state index in [2.05, 4.69) is 15.1 Å². The molecular weight excluding hydrogens is 270 g/mol. The summed E-state index contributed by atoms with van der Waals surface area (Å²) in [6, 6.07) is -0.240. The fraction of sp³-hybridized carbons (Fsp3) is 0.571. The lowest BCUT2D eigenvalue weighted by molar-refractivity contribution is -0.135. The van der Waals surface area contributed by atoms with Crippen molar-refractivity contribution in [3.05, 3.63) is 30.4 Å². The second-order valence-corrected chi connectivity index (χ2v) is 5.49. The van der Waals surface area contributed by atoms with Crippen molar-refractivity contribution in [2.45, 2.75) is 38.6 Å². The molecule has 1 saturated heterocycles. The highest BCUT2D eigenvalue weighted by Gasteiger charge is 2.30. The van der Waals surface area contributed by atoms with E-state index in [1.54, 1.807) is 19.4 Å². The van der Waals surface area contributed by atoms with Gasteiger partial charge in [-0.3, -0.25) is 4.79 Å². The molecule has 0 aliphatic carbocycles. The van der Waals surface area contributed by atoms with Crippen LogP contribution in [-0.4, -0.2) is 43.6 Å². The standard InChI is InChI=1S/C14H19N5O2/c1-10(19-7-5-15-9-19)14(20)18-6-3-4-12(8-18)13-16-11(2)17-21-13/h5,7,9-10,12H,3-4,6,8H2,1-2H3/t10-,12+/m0/s1. The Kier molecular flexibility index (Phi) is 3.72. The Morgan fingerprint density at radius 3 is 3.05 bits per heavy atom. The van der Waals surface area contributed by atoms with E-state index in [0.717, 1.165) is 19.4 Å². The molecule has 21 heavy (non-hydrogen) atoms. The number of carbonyl (C=O) groups excluding carboxylic acids is 1. The van der Waals surface area contributed by atoms with Crippen LogP contribution in [0.1, 0.15) is 43.4 Å². The monoisotopic (exact) mass is 289 g/mol. The van der Waals surface area contributed by atoms with Crippen LogP contribution in [0.2, 0.25) is 0 Å². The molecule has 7 heteroatoms. The normalized spacial score (nSPS) is 20.5. The second kappa shape index (κ2) is 5.67. The van der Waals surface area contributed by atoms with E-state index >= 15 is 0 Å². The molecule has 1 fully saturated rings. The van der Waals surface area contributed by atoms with Crippen LogP contribution in [0.3, 0.4) is 0 Å². The number of aryl methyl sites for hydroxylation is 1. The SMILES string of the molecule is Cc1noc([C@@H]2CCCN(C(=O)[C@H](C)n3ccnc3)C2)n1. The summed E-state index contributed by atoms with van der Waals surface area (Å²) in [5.74, 6) is 1.52. The van der Waals surface area contributed by atoms with Gasteiger partial charge >= 0.3 is 0 Å². The van der Waals surface area contributed by atoms with Crippen LogP contribution < -0.4 is 0 Å². The zero-order valence-electron chi connectivity index (χ0n) is 12.3. The van der Waals surface area contributed by atoms with Crippen molar-refractivity contribution in [2.75, 3.05) is 13.1 Å². The average molecular weight is 289 g/mol. The van der Waals surface area contributed by atoms with Crippen molar-refractivity contribution in [3.63, 3.8) is 0 Å². The molecule has 112 valence electrons. The van der Waals surface area contributed by atoms with Gasteiger partial charge in [-0.05, 0) is 26.7 Å². The molecule has 2 aromatic heterocycles. The van der Waals surface area contributed by atoms with E-state index in [1.807, 2.05) is 22.6 Å². The van der Waals surface area contributed by atoms with Gasteiger partial charge in [0.2, 0.25) is 11.8 Å². The molecule has 0 aromatic carbocycles. The summed E-state index contributed by atoms with van der Waals surface area (Å²) in [4.78, 5) is 22.8. The minimum atomic E-state index is -0.240. The fourth-order valence-corrected chi connectivity index (χ4v) is 2.75. The van der Waals surface area contributed by atoms with Gasteiger partial charge in [-0.2, -0.15) is 4.98 Å². The van der Waals surface area contributed by atoms with Crippen LogP contribution in [0, 0.1) is 6.92 Å². The van der Waals surface area contributed by atoms with Crippen molar-refractivity contribution in [3.8, 4) is 0 Å². The van der Waals surface area contributed by atoms with Crippen molar-refractivity contribution < 1.29 is 9.32 Å². The number of hydrogen-bond donors (Lipinski definition) is 0. The molecule has 1 amide bonds. The number of nitrogens with zero attached hydrogens (tertiary/aromatic N) is 5. The van der Waals surface area contributed by atoms with Crippen molar-refractivity contribution in [2.24, 2.45) is 0 Å². The molecule has 1 aliphatic heterocycles. The zero-order valence-corrected chi connectivity index (χ0v) is 12.3. The molecule has 0 saturated carbocycles. The lowest BCUT2D eigenvalue weighted by Gasteiger charge is -2.33. The molecule has 0 bridgehead atoms. The molecule has 0 unspecified atom stereocenters. The Balaban J connectivity index is 1.69. The number of aromatic nitrogens is 4. The Bertz CT molecular complexity index is 607. The summed E-state index contributed by atoms with van der Waals surface area (Å²) in [6.45, 7) is 5.12. The quantitative estimate of drug-likeness (QED) is 0.856. The van der Waals surface area contributed by atoms with E-state index < -0.39 is 0 Å². The van der Waals surface area contributed by atoms with Crippen molar-refractivity contribution >= 4 is 5.91 Å². The van der Waals surface area contributed by atoms with Crippen LogP contribution in [0.15, 0.2) is 23.2 Å². The molecule has 1 aliphatic rings. The molecule has 2 atom stereocenters. The number of carbonyl (C=O) groups is 1. The topological polar surface area (TPSA) is 77.0 Å². The third-order valence-electron chi connectivity index (χ3n) is 3.96. The van der Waals surface area contributed by atoms with Crippen LogP contribution in [0.5, 0.6) is 0 Å². The Labute approximate surface area is 123 Å². The van der Waals surface area contributed by atoms with Crippen molar-refractivity contribution in [1.29, 1.82) is 0 Å². The van der Waals surface area contributed by atoms with Crippen molar-refractivity contribution in [1.82, 2.24) is 24.6 Å². The van der Waals surface area contributed by atoms with E-state index in [9.17, 15) is 4.79 Å². The summed E-state index contributed by atoms with van der Waals surface area (Å²) in [5, 5.41) is 3.84. The van der Waals surface area contributed by atoms with Gasteiger partial charge < -0.3 is 14.0 Å². The van der Waals surface area contributed by atoms with Crippen LogP contribution in [0.4, 0.5) is 0 Å². The van der Waals surface area contributed by atoms with Gasteiger partial charge in [0.1, 0.15) is 6.04 Å². The highest BCUT2D eigenvalue weighted by Crippen LogP contribution is 2.27. The summed E-state index contributed by atoms with van der Waals surface area (Å²) >= 11 is 0. The Morgan fingerprint density at radius 1 is 1.52 bits per heavy atom. The minimum Gasteiger partial charge on any atom is -0.340 e. The lowest BCUT2D eigenvalue weighted by Crippen LogP contribution is -2.42. The van der Waals surface area contributed by atoms with Crippen LogP contribution in [0.25, 0.3) is 0 Å². The first-order valence-electron chi connectivity index (χ1n) is 7.21. The first-order valence-corrected chi connectivity index (χ1v) is 7.21. The maximum atomic E-state index is 12.6. The van der Waals surface area contributed by atoms with Gasteiger partial charge in [-0.15, -0.1) is 0 Å². The summed E-state index contributed by atoms with van der Waals surface area (Å²) in [7, 11) is 0. The lowest BCUT2D eigenvalue weighted by atomic mass is 9.97. The summed E-state index contributed by atoms with van der Waals surface area (Å²) < 4.78 is 7.07. The Morgan fingerprint density at radius 2 is 2.38 bits per heavy atom. The van der Waals surface area contributed by atoms with Gasteiger partial charge in [-0.25, -0.2) is 4.98 Å². The maximum Gasteiger partial charge on any atom is 0.245 e. The van der Waals surface area contributed by atoms with E-state index in [1.165, 1.54) is 0 Å². The molecule has 3 rings (SSSR count). The second-order valence-electron chi connectivity index (χ2n) is 5.49. The van der Waals surface area contributed by atoms with Gasteiger partial charge in [0, 0.05) is 25.5 Å². The van der Waals surface area contributed by atoms with E-state index in [0.29, 0.717) is 18.3 Å². The average Bonchev–Trinajstić information content (AvgIpc) is 3.17. The predicted octanol–water partition coefficient (Wildman–Crippen LogP) is 1.54. The van der Waals surface area contributed by atoms with E-state index in [-0.39, 0.29) is 17.9 Å². The smallest absolute Gasteiger partial charge is 0.245 e. The van der Waals surface area contributed by atoms with Gasteiger partial charge in [0.15, 0.2) is 5.82 Å². The molecular formula is C14H19N5O2. The number of likely N-dealkylation sites (tertiary alicyclic amines) is 1. The highest BCUT2D eigenvalue weighted by atomic mass is 16.5. The highest BCUT2D eigenvalue weighted by molar-refractivity contribution is 5.80. The molecule has 7 nitrogen and oxygen atoms in total. The summed E-state index contributed by atoms with van der Waals surface area (Å²) in [6.07, 6.45) is 7.10. The number of rotatable bonds is 3. The molecule has 0 radical (unpaired) electrons. The first-order chi connectivity index (χ1) is 10.1. The molecule has 2 aromatic rings. The molecule has 0 N–H and O–H groups in total. The maximum absolute atomic E-state index is 12.6. The van der Waals surface area contributed by atoms with Gasteiger partial charge in [0.25, 0.3) is 0 Å². The molecule has 0 spiro atoms. The summed E-state index contributed by atoms with van der Waals surface area (Å²) in [5.41, 5.74) is 0. The van der Waals surface area contributed by atoms with Gasteiger partial charge in [0.05, 0.1) is 12.2 Å². The number of imidazole rings is 1. The van der Waals surface area contributed by atoms with Crippen LogP contribution >= 0.6 is 0 Å². The third-order valence-corrected chi connectivity index (χ3v) is 3.96. The minimum absolute atomic E-state index is 0.105. The van der Waals surface area contributed by atoms with E-state index in [4.69, 9.17) is 4.52 Å². The predicted molar refractivity (Wildman–Crippen MR) is 74.5 cm³/mol. The number of piperidine rings is 1. The zero-order chi connectivity index (χ0) is 14.8. The largest absolute Gasteiger partial charge is 0.340 e. The third kappa shape index (κ3) is 2.81. The first kappa shape index (κ1) is 13.8.